The third kappa shape index (κ3) is 3.82. The van der Waals surface area contributed by atoms with E-state index < -0.39 is 0 Å². The predicted molar refractivity (Wildman–Crippen MR) is 186 cm³/mol. The van der Waals surface area contributed by atoms with Gasteiger partial charge in [-0.2, -0.15) is 0 Å². The molecule has 0 atom stereocenters. The fourth-order valence-electron chi connectivity index (χ4n) is 6.88. The molecule has 9 rings (SSSR count). The SMILES string of the molecule is c1ccc(-c2cccc(-n3c4ccccc4c4cc5c6ccc(-c7ccccc7)cc6n(-c6ccccc6)c5cc43)c2)cc1. The summed E-state index contributed by atoms with van der Waals surface area (Å²) in [4.78, 5) is 0. The second kappa shape index (κ2) is 9.86. The minimum absolute atomic E-state index is 1.16. The maximum absolute atomic E-state index is 2.43. The molecule has 0 aliphatic heterocycles. The summed E-state index contributed by atoms with van der Waals surface area (Å²) in [6.45, 7) is 0. The van der Waals surface area contributed by atoms with Crippen LogP contribution < -0.4 is 0 Å². The summed E-state index contributed by atoms with van der Waals surface area (Å²) < 4.78 is 4.86. The zero-order valence-electron chi connectivity index (χ0n) is 24.1. The van der Waals surface area contributed by atoms with E-state index in [0.717, 1.165) is 11.4 Å². The summed E-state index contributed by atoms with van der Waals surface area (Å²) in [5.41, 5.74) is 12.0. The van der Waals surface area contributed by atoms with E-state index in [9.17, 15) is 0 Å². The molecule has 2 heteroatoms. The Labute approximate surface area is 255 Å². The lowest BCUT2D eigenvalue weighted by molar-refractivity contribution is 1.16. The van der Waals surface area contributed by atoms with Crippen LogP contribution in [0.4, 0.5) is 0 Å². The number of rotatable bonds is 4. The van der Waals surface area contributed by atoms with Crippen LogP contribution >= 0.6 is 0 Å². The number of hydrogen-bond acceptors (Lipinski definition) is 0. The number of benzene rings is 7. The summed E-state index contributed by atoms with van der Waals surface area (Å²) in [5.74, 6) is 0. The monoisotopic (exact) mass is 560 g/mol. The van der Waals surface area contributed by atoms with E-state index in [1.54, 1.807) is 0 Å². The molecular formula is C42H28N2. The Morgan fingerprint density at radius 1 is 0.250 bits per heavy atom. The van der Waals surface area contributed by atoms with Gasteiger partial charge in [0, 0.05) is 32.9 Å². The first-order valence-electron chi connectivity index (χ1n) is 15.1. The van der Waals surface area contributed by atoms with Gasteiger partial charge in [-0.25, -0.2) is 0 Å². The van der Waals surface area contributed by atoms with Crippen molar-refractivity contribution >= 4 is 43.6 Å². The minimum Gasteiger partial charge on any atom is -0.309 e. The molecule has 44 heavy (non-hydrogen) atoms. The summed E-state index contributed by atoms with van der Waals surface area (Å²) >= 11 is 0. The number of para-hydroxylation sites is 2. The Morgan fingerprint density at radius 2 is 0.750 bits per heavy atom. The molecule has 0 spiro atoms. The van der Waals surface area contributed by atoms with Crippen molar-refractivity contribution in [3.05, 3.63) is 170 Å². The fraction of sp³-hybridized carbons (Fsp3) is 0. The van der Waals surface area contributed by atoms with E-state index in [1.165, 1.54) is 65.9 Å². The highest BCUT2D eigenvalue weighted by atomic mass is 15.0. The quantitative estimate of drug-likeness (QED) is 0.203. The lowest BCUT2D eigenvalue weighted by Crippen LogP contribution is -1.96. The van der Waals surface area contributed by atoms with E-state index in [2.05, 4.69) is 179 Å². The molecule has 0 fully saturated rings. The van der Waals surface area contributed by atoms with Crippen molar-refractivity contribution in [1.82, 2.24) is 9.13 Å². The second-order valence-electron chi connectivity index (χ2n) is 11.4. The van der Waals surface area contributed by atoms with Crippen LogP contribution in [0.1, 0.15) is 0 Å². The van der Waals surface area contributed by atoms with E-state index in [1.807, 2.05) is 0 Å². The zero-order chi connectivity index (χ0) is 29.0. The predicted octanol–water partition coefficient (Wildman–Crippen LogP) is 11.2. The minimum atomic E-state index is 1.16. The van der Waals surface area contributed by atoms with Gasteiger partial charge in [0.25, 0.3) is 0 Å². The van der Waals surface area contributed by atoms with Crippen molar-refractivity contribution < 1.29 is 0 Å². The lowest BCUT2D eigenvalue weighted by atomic mass is 10.0. The average molecular weight is 561 g/mol. The molecule has 0 unspecified atom stereocenters. The smallest absolute Gasteiger partial charge is 0.0562 e. The van der Waals surface area contributed by atoms with Gasteiger partial charge < -0.3 is 9.13 Å². The van der Waals surface area contributed by atoms with Crippen LogP contribution in [-0.4, -0.2) is 9.13 Å². The molecule has 0 bridgehead atoms. The first-order chi connectivity index (χ1) is 21.8. The maximum Gasteiger partial charge on any atom is 0.0562 e. The van der Waals surface area contributed by atoms with Crippen molar-refractivity contribution in [3.8, 4) is 33.6 Å². The summed E-state index contributed by atoms with van der Waals surface area (Å²) in [5, 5.41) is 5.04. The number of fused-ring (bicyclic) bond motifs is 6. The van der Waals surface area contributed by atoms with Gasteiger partial charge in [0.2, 0.25) is 0 Å². The molecule has 0 saturated heterocycles. The van der Waals surface area contributed by atoms with Gasteiger partial charge in [0.15, 0.2) is 0 Å². The third-order valence-corrected chi connectivity index (χ3v) is 8.89. The summed E-state index contributed by atoms with van der Waals surface area (Å²) in [6.07, 6.45) is 0. The van der Waals surface area contributed by atoms with Gasteiger partial charge in [-0.1, -0.05) is 121 Å². The van der Waals surface area contributed by atoms with Gasteiger partial charge >= 0.3 is 0 Å². The van der Waals surface area contributed by atoms with E-state index >= 15 is 0 Å². The summed E-state index contributed by atoms with van der Waals surface area (Å²) in [6, 6.07) is 61.4. The highest BCUT2D eigenvalue weighted by molar-refractivity contribution is 6.19. The Balaban J connectivity index is 1.38. The summed E-state index contributed by atoms with van der Waals surface area (Å²) in [7, 11) is 0. The van der Waals surface area contributed by atoms with Crippen LogP contribution in [0.15, 0.2) is 170 Å². The van der Waals surface area contributed by atoms with Gasteiger partial charge in [-0.3, -0.25) is 0 Å². The molecule has 0 N–H and O–H groups in total. The highest BCUT2D eigenvalue weighted by Gasteiger charge is 2.19. The first kappa shape index (κ1) is 24.7. The van der Waals surface area contributed by atoms with Gasteiger partial charge in [0.1, 0.15) is 0 Å². The molecule has 9 aromatic rings. The van der Waals surface area contributed by atoms with Crippen LogP contribution in [-0.2, 0) is 0 Å². The molecular weight excluding hydrogens is 532 g/mol. The molecule has 0 saturated carbocycles. The Hall–Kier alpha value is -5.86. The van der Waals surface area contributed by atoms with E-state index in [0.29, 0.717) is 0 Å². The van der Waals surface area contributed by atoms with Gasteiger partial charge in [0.05, 0.1) is 22.1 Å². The fourth-order valence-corrected chi connectivity index (χ4v) is 6.88. The van der Waals surface area contributed by atoms with Crippen LogP contribution in [0.25, 0.3) is 77.2 Å². The lowest BCUT2D eigenvalue weighted by Gasteiger charge is -2.12. The number of hydrogen-bond donors (Lipinski definition) is 0. The molecule has 7 aromatic carbocycles. The van der Waals surface area contributed by atoms with Crippen molar-refractivity contribution in [1.29, 1.82) is 0 Å². The van der Waals surface area contributed by atoms with Crippen LogP contribution in [0.3, 0.4) is 0 Å². The molecule has 0 radical (unpaired) electrons. The third-order valence-electron chi connectivity index (χ3n) is 8.89. The topological polar surface area (TPSA) is 9.86 Å². The second-order valence-corrected chi connectivity index (χ2v) is 11.4. The molecule has 2 nitrogen and oxygen atoms in total. The molecule has 2 heterocycles. The van der Waals surface area contributed by atoms with Crippen molar-refractivity contribution in [3.63, 3.8) is 0 Å². The van der Waals surface area contributed by atoms with Crippen LogP contribution in [0.5, 0.6) is 0 Å². The maximum atomic E-state index is 2.43. The molecule has 2 aromatic heterocycles. The Morgan fingerprint density at radius 3 is 1.45 bits per heavy atom. The van der Waals surface area contributed by atoms with Crippen LogP contribution in [0, 0.1) is 0 Å². The van der Waals surface area contributed by atoms with E-state index in [-0.39, 0.29) is 0 Å². The largest absolute Gasteiger partial charge is 0.309 e. The Kier molecular flexibility index (Phi) is 5.54. The number of aromatic nitrogens is 2. The van der Waals surface area contributed by atoms with Crippen molar-refractivity contribution in [2.45, 2.75) is 0 Å². The van der Waals surface area contributed by atoms with Gasteiger partial charge in [-0.15, -0.1) is 0 Å². The zero-order valence-corrected chi connectivity index (χ0v) is 24.1. The molecule has 0 amide bonds. The molecule has 0 aliphatic carbocycles. The van der Waals surface area contributed by atoms with E-state index in [4.69, 9.17) is 0 Å². The highest BCUT2D eigenvalue weighted by Crippen LogP contribution is 2.41. The van der Waals surface area contributed by atoms with Crippen molar-refractivity contribution in [2.75, 3.05) is 0 Å². The first-order valence-corrected chi connectivity index (χ1v) is 15.1. The van der Waals surface area contributed by atoms with Gasteiger partial charge in [-0.05, 0) is 70.8 Å². The normalized spacial score (nSPS) is 11.6. The number of nitrogens with zero attached hydrogens (tertiary/aromatic N) is 2. The van der Waals surface area contributed by atoms with Crippen LogP contribution in [0.2, 0.25) is 0 Å². The standard InChI is InChI=1S/C42H28N2/c1-4-13-29(14-5-1)31-17-12-20-34(25-31)44-39-22-11-10-21-35(39)37-27-38-36-24-23-32(30-15-6-2-7-16-30)26-40(36)43(41(38)28-42(37)44)33-18-8-3-9-19-33/h1-28H. The Bertz CT molecular complexity index is 2470. The van der Waals surface area contributed by atoms with Crippen molar-refractivity contribution in [2.24, 2.45) is 0 Å². The average Bonchev–Trinajstić information content (AvgIpc) is 3.60. The molecule has 206 valence electrons. The molecule has 0 aliphatic rings.